The highest BCUT2D eigenvalue weighted by molar-refractivity contribution is 7.99. The Bertz CT molecular complexity index is 388. The molecule has 0 unspecified atom stereocenters. The fourth-order valence-corrected chi connectivity index (χ4v) is 2.68. The van der Waals surface area contributed by atoms with E-state index in [0.29, 0.717) is 18.5 Å². The number of thioether (sulfide) groups is 1. The van der Waals surface area contributed by atoms with Crippen LogP contribution >= 0.6 is 11.8 Å². The van der Waals surface area contributed by atoms with E-state index < -0.39 is 0 Å². The van der Waals surface area contributed by atoms with Gasteiger partial charge in [-0.05, 0) is 13.8 Å². The molecule has 17 heavy (non-hydrogen) atoms. The van der Waals surface area contributed by atoms with E-state index in [1.54, 1.807) is 0 Å². The molecule has 3 N–H and O–H groups in total. The molecule has 0 atom stereocenters. The molecule has 94 valence electrons. The van der Waals surface area contributed by atoms with Crippen molar-refractivity contribution in [1.82, 2.24) is 14.9 Å². The fraction of sp³-hybridized carbons (Fsp3) is 0.636. The lowest BCUT2D eigenvalue weighted by Crippen LogP contribution is -2.36. The molecule has 1 aliphatic heterocycles. The van der Waals surface area contributed by atoms with Gasteiger partial charge in [-0.15, -0.1) is 0 Å². The molecular weight excluding hydrogens is 234 g/mol. The van der Waals surface area contributed by atoms with Crippen LogP contribution in [0.15, 0.2) is 16.3 Å². The summed E-state index contributed by atoms with van der Waals surface area (Å²) in [6, 6.07) is 0.326. The van der Waals surface area contributed by atoms with E-state index in [4.69, 9.17) is 5.73 Å². The lowest BCUT2D eigenvalue weighted by molar-refractivity contribution is 0.719. The lowest BCUT2D eigenvalue weighted by atomic mass is 10.3. The Kier molecular flexibility index (Phi) is 3.93. The van der Waals surface area contributed by atoms with Crippen molar-refractivity contribution in [3.63, 3.8) is 0 Å². The van der Waals surface area contributed by atoms with Gasteiger partial charge in [0.05, 0.1) is 5.69 Å². The molecule has 6 heteroatoms. The summed E-state index contributed by atoms with van der Waals surface area (Å²) in [6.07, 6.45) is 2.97. The molecule has 0 fully saturated rings. The molecule has 0 amide bonds. The highest BCUT2D eigenvalue weighted by atomic mass is 32.2. The second kappa shape index (κ2) is 5.44. The van der Waals surface area contributed by atoms with Gasteiger partial charge < -0.3 is 15.6 Å². The molecule has 0 saturated carbocycles. The van der Waals surface area contributed by atoms with E-state index in [0.717, 1.165) is 29.6 Å². The van der Waals surface area contributed by atoms with E-state index in [2.05, 4.69) is 26.1 Å². The van der Waals surface area contributed by atoms with Crippen LogP contribution in [0.1, 0.15) is 19.5 Å². The van der Waals surface area contributed by atoms with Gasteiger partial charge in [-0.2, -0.15) is 0 Å². The SMILES string of the molecule is CC(C)NC(N)=NCCc1cn2c(n1)SCC2. The van der Waals surface area contributed by atoms with Crippen molar-refractivity contribution >= 4 is 17.7 Å². The molecule has 0 saturated heterocycles. The fourth-order valence-electron chi connectivity index (χ4n) is 1.71. The molecule has 0 bridgehead atoms. The zero-order chi connectivity index (χ0) is 12.3. The number of aromatic nitrogens is 2. The number of imidazole rings is 1. The molecule has 0 radical (unpaired) electrons. The van der Waals surface area contributed by atoms with Crippen LogP contribution in [0.5, 0.6) is 0 Å². The van der Waals surface area contributed by atoms with E-state index in [9.17, 15) is 0 Å². The number of nitrogens with two attached hydrogens (primary N) is 1. The monoisotopic (exact) mass is 253 g/mol. The van der Waals surface area contributed by atoms with Crippen molar-refractivity contribution < 1.29 is 0 Å². The van der Waals surface area contributed by atoms with Gasteiger partial charge in [-0.3, -0.25) is 4.99 Å². The summed E-state index contributed by atoms with van der Waals surface area (Å²) in [5.41, 5.74) is 6.83. The molecule has 2 heterocycles. The first-order chi connectivity index (χ1) is 8.15. The Morgan fingerprint density at radius 3 is 3.24 bits per heavy atom. The van der Waals surface area contributed by atoms with Crippen LogP contribution in [-0.2, 0) is 13.0 Å². The number of rotatable bonds is 4. The minimum absolute atomic E-state index is 0.326. The minimum Gasteiger partial charge on any atom is -0.370 e. The zero-order valence-corrected chi connectivity index (χ0v) is 11.1. The van der Waals surface area contributed by atoms with Crippen LogP contribution in [-0.4, -0.2) is 33.9 Å². The molecule has 0 spiro atoms. The maximum absolute atomic E-state index is 5.72. The average molecular weight is 253 g/mol. The van der Waals surface area contributed by atoms with Crippen LogP contribution in [0.25, 0.3) is 0 Å². The van der Waals surface area contributed by atoms with Gasteiger partial charge in [0.25, 0.3) is 0 Å². The second-order valence-electron chi connectivity index (χ2n) is 4.37. The smallest absolute Gasteiger partial charge is 0.188 e. The Morgan fingerprint density at radius 2 is 2.53 bits per heavy atom. The summed E-state index contributed by atoms with van der Waals surface area (Å²) in [6.45, 7) is 5.85. The van der Waals surface area contributed by atoms with Gasteiger partial charge in [0.15, 0.2) is 11.1 Å². The van der Waals surface area contributed by atoms with Gasteiger partial charge >= 0.3 is 0 Å². The van der Waals surface area contributed by atoms with Gasteiger partial charge in [0.1, 0.15) is 0 Å². The van der Waals surface area contributed by atoms with Crippen molar-refractivity contribution in [3.8, 4) is 0 Å². The Hall–Kier alpha value is -1.17. The van der Waals surface area contributed by atoms with Crippen LogP contribution in [0.3, 0.4) is 0 Å². The van der Waals surface area contributed by atoms with Gasteiger partial charge in [-0.25, -0.2) is 4.98 Å². The largest absolute Gasteiger partial charge is 0.370 e. The second-order valence-corrected chi connectivity index (χ2v) is 5.43. The number of guanidine groups is 1. The molecule has 0 aliphatic carbocycles. The summed E-state index contributed by atoms with van der Waals surface area (Å²) in [5.74, 6) is 1.66. The molecular formula is C11H19N5S. The van der Waals surface area contributed by atoms with Crippen LogP contribution in [0, 0.1) is 0 Å². The summed E-state index contributed by atoms with van der Waals surface area (Å²) in [7, 11) is 0. The summed E-state index contributed by atoms with van der Waals surface area (Å²) in [5, 5.41) is 4.20. The number of aliphatic imine (C=N–C) groups is 1. The molecule has 5 nitrogen and oxygen atoms in total. The van der Waals surface area contributed by atoms with E-state index >= 15 is 0 Å². The van der Waals surface area contributed by atoms with Crippen molar-refractivity contribution in [2.24, 2.45) is 10.7 Å². The van der Waals surface area contributed by atoms with Gasteiger partial charge in [0.2, 0.25) is 0 Å². The third-order valence-electron chi connectivity index (χ3n) is 2.44. The van der Waals surface area contributed by atoms with Crippen molar-refractivity contribution in [2.45, 2.75) is 38.0 Å². The predicted molar refractivity (Wildman–Crippen MR) is 71.4 cm³/mol. The molecule has 1 aromatic rings. The summed E-state index contributed by atoms with van der Waals surface area (Å²) >= 11 is 1.82. The predicted octanol–water partition coefficient (Wildman–Crippen LogP) is 0.844. The number of hydrogen-bond acceptors (Lipinski definition) is 3. The van der Waals surface area contributed by atoms with Gasteiger partial charge in [-0.1, -0.05) is 11.8 Å². The standard InChI is InChI=1S/C11H19N5S/c1-8(2)14-10(12)13-4-3-9-7-16-5-6-17-11(16)15-9/h7-8H,3-6H2,1-2H3,(H3,12,13,14). The van der Waals surface area contributed by atoms with Crippen molar-refractivity contribution in [2.75, 3.05) is 12.3 Å². The van der Waals surface area contributed by atoms with Crippen molar-refractivity contribution in [1.29, 1.82) is 0 Å². The number of aryl methyl sites for hydroxylation is 1. The Labute approximate surface area is 106 Å². The first-order valence-electron chi connectivity index (χ1n) is 5.90. The van der Waals surface area contributed by atoms with E-state index in [-0.39, 0.29) is 0 Å². The number of nitrogens with zero attached hydrogens (tertiary/aromatic N) is 3. The molecule has 2 rings (SSSR count). The van der Waals surface area contributed by atoms with Crippen LogP contribution in [0.4, 0.5) is 0 Å². The third kappa shape index (κ3) is 3.39. The number of fused-ring (bicyclic) bond motifs is 1. The molecule has 1 aromatic heterocycles. The summed E-state index contributed by atoms with van der Waals surface area (Å²) < 4.78 is 2.21. The Morgan fingerprint density at radius 1 is 1.71 bits per heavy atom. The highest BCUT2D eigenvalue weighted by Gasteiger charge is 2.13. The zero-order valence-electron chi connectivity index (χ0n) is 10.3. The highest BCUT2D eigenvalue weighted by Crippen LogP contribution is 2.24. The molecule has 0 aromatic carbocycles. The van der Waals surface area contributed by atoms with E-state index in [1.165, 1.54) is 0 Å². The van der Waals surface area contributed by atoms with Crippen molar-refractivity contribution in [3.05, 3.63) is 11.9 Å². The average Bonchev–Trinajstić information content (AvgIpc) is 2.76. The first-order valence-corrected chi connectivity index (χ1v) is 6.89. The van der Waals surface area contributed by atoms with Crippen LogP contribution < -0.4 is 11.1 Å². The topological polar surface area (TPSA) is 68.2 Å². The quantitative estimate of drug-likeness (QED) is 0.616. The van der Waals surface area contributed by atoms with Gasteiger partial charge in [0, 0.05) is 37.5 Å². The minimum atomic E-state index is 0.326. The third-order valence-corrected chi connectivity index (χ3v) is 3.41. The normalized spacial score (nSPS) is 15.4. The van der Waals surface area contributed by atoms with Crippen LogP contribution in [0.2, 0.25) is 0 Å². The maximum atomic E-state index is 5.72. The first kappa shape index (κ1) is 12.3. The summed E-state index contributed by atoms with van der Waals surface area (Å²) in [4.78, 5) is 8.81. The van der Waals surface area contributed by atoms with E-state index in [1.807, 2.05) is 25.6 Å². The molecule has 1 aliphatic rings. The maximum Gasteiger partial charge on any atom is 0.188 e. The lowest BCUT2D eigenvalue weighted by Gasteiger charge is -2.07. The number of hydrogen-bond donors (Lipinski definition) is 2. The number of nitrogens with one attached hydrogen (secondary N) is 1. The Balaban J connectivity index is 1.81.